The number of nitrogens with zero attached hydrogens (tertiary/aromatic N) is 1. The van der Waals surface area contributed by atoms with Crippen molar-refractivity contribution in [3.05, 3.63) is 0 Å². The van der Waals surface area contributed by atoms with E-state index in [4.69, 9.17) is 10.8 Å². The minimum Gasteiger partial charge on any atom is -0.480 e. The molecule has 2 rings (SSSR count). The summed E-state index contributed by atoms with van der Waals surface area (Å²) in [5.74, 6) is -0.836. The molecule has 4 heteroatoms. The molecule has 0 amide bonds. The molecular formula is C8H14N2O2. The first kappa shape index (κ1) is 8.01. The summed E-state index contributed by atoms with van der Waals surface area (Å²) in [7, 11) is 0. The topological polar surface area (TPSA) is 66.6 Å². The Hall–Kier alpha value is -0.610. The molecule has 2 aliphatic heterocycles. The van der Waals surface area contributed by atoms with E-state index >= 15 is 0 Å². The van der Waals surface area contributed by atoms with Crippen molar-refractivity contribution in [2.45, 2.75) is 30.8 Å². The third-order valence-electron chi connectivity index (χ3n) is 3.17. The average Bonchev–Trinajstić information content (AvgIpc) is 2.54. The maximum atomic E-state index is 10.9. The summed E-state index contributed by atoms with van der Waals surface area (Å²) in [6.07, 6.45) is 2.65. The summed E-state index contributed by atoms with van der Waals surface area (Å²) in [5.41, 5.74) is 4.88. The van der Waals surface area contributed by atoms with Crippen molar-refractivity contribution in [2.75, 3.05) is 13.1 Å². The van der Waals surface area contributed by atoms with Gasteiger partial charge in [-0.2, -0.15) is 0 Å². The van der Waals surface area contributed by atoms with Crippen LogP contribution in [0.4, 0.5) is 0 Å². The van der Waals surface area contributed by atoms with Crippen LogP contribution >= 0.6 is 0 Å². The van der Waals surface area contributed by atoms with Crippen LogP contribution in [-0.4, -0.2) is 40.6 Å². The Balaban J connectivity index is 2.22. The maximum absolute atomic E-state index is 10.9. The standard InChI is InChI=1S/C8H14N2O2/c9-8(7(11)12)3-5-10-4-1-2-6(8)10/h6H,1-5,9H2,(H,11,12). The van der Waals surface area contributed by atoms with Gasteiger partial charge in [-0.25, -0.2) is 0 Å². The number of carbonyl (C=O) groups is 1. The summed E-state index contributed by atoms with van der Waals surface area (Å²) in [4.78, 5) is 13.1. The van der Waals surface area contributed by atoms with Crippen molar-refractivity contribution in [1.29, 1.82) is 0 Å². The number of carboxylic acid groups (broad SMARTS) is 1. The van der Waals surface area contributed by atoms with Gasteiger partial charge >= 0.3 is 5.97 Å². The summed E-state index contributed by atoms with van der Waals surface area (Å²) in [6, 6.07) is 0.0926. The molecule has 2 atom stereocenters. The second-order valence-electron chi connectivity index (χ2n) is 3.79. The first-order chi connectivity index (χ1) is 5.64. The average molecular weight is 170 g/mol. The predicted octanol–water partition coefficient (Wildman–Crippen LogP) is -0.363. The van der Waals surface area contributed by atoms with Gasteiger partial charge in [0, 0.05) is 12.6 Å². The van der Waals surface area contributed by atoms with Crippen LogP contribution in [0.5, 0.6) is 0 Å². The van der Waals surface area contributed by atoms with Crippen LogP contribution in [0.25, 0.3) is 0 Å². The lowest BCUT2D eigenvalue weighted by Crippen LogP contribution is -2.55. The Bertz CT molecular complexity index is 219. The molecule has 12 heavy (non-hydrogen) atoms. The van der Waals surface area contributed by atoms with E-state index in [1.807, 2.05) is 0 Å². The number of fused-ring (bicyclic) bond motifs is 1. The highest BCUT2D eigenvalue weighted by atomic mass is 16.4. The van der Waals surface area contributed by atoms with E-state index < -0.39 is 11.5 Å². The monoisotopic (exact) mass is 170 g/mol. The van der Waals surface area contributed by atoms with Gasteiger partial charge < -0.3 is 10.8 Å². The smallest absolute Gasteiger partial charge is 0.325 e. The van der Waals surface area contributed by atoms with Crippen molar-refractivity contribution in [3.8, 4) is 0 Å². The minimum atomic E-state index is -0.962. The zero-order valence-electron chi connectivity index (χ0n) is 6.99. The van der Waals surface area contributed by atoms with E-state index in [1.54, 1.807) is 0 Å². The van der Waals surface area contributed by atoms with E-state index in [0.717, 1.165) is 25.9 Å². The highest BCUT2D eigenvalue weighted by Gasteiger charge is 2.51. The van der Waals surface area contributed by atoms with Crippen molar-refractivity contribution < 1.29 is 9.90 Å². The summed E-state index contributed by atoms with van der Waals surface area (Å²) >= 11 is 0. The van der Waals surface area contributed by atoms with Gasteiger partial charge in [-0.15, -0.1) is 0 Å². The third kappa shape index (κ3) is 0.881. The number of hydrogen-bond donors (Lipinski definition) is 2. The number of nitrogens with two attached hydrogens (primary N) is 1. The molecule has 0 aromatic carbocycles. The molecule has 68 valence electrons. The molecule has 2 saturated heterocycles. The van der Waals surface area contributed by atoms with Crippen LogP contribution in [0, 0.1) is 0 Å². The molecule has 0 aliphatic carbocycles. The molecule has 2 unspecified atom stereocenters. The Morgan fingerprint density at radius 2 is 2.33 bits per heavy atom. The van der Waals surface area contributed by atoms with E-state index in [-0.39, 0.29) is 6.04 Å². The Morgan fingerprint density at radius 3 is 3.00 bits per heavy atom. The van der Waals surface area contributed by atoms with E-state index in [0.29, 0.717) is 6.42 Å². The molecule has 3 N–H and O–H groups in total. The Morgan fingerprint density at radius 1 is 1.58 bits per heavy atom. The minimum absolute atomic E-state index is 0.0926. The van der Waals surface area contributed by atoms with Gasteiger partial charge in [-0.3, -0.25) is 9.69 Å². The lowest BCUT2D eigenvalue weighted by molar-refractivity contribution is -0.144. The first-order valence-electron chi connectivity index (χ1n) is 4.41. The molecule has 0 saturated carbocycles. The quantitative estimate of drug-likeness (QED) is 0.564. The summed E-state index contributed by atoms with van der Waals surface area (Å²) < 4.78 is 0. The fourth-order valence-corrected chi connectivity index (χ4v) is 2.42. The van der Waals surface area contributed by atoms with E-state index in [9.17, 15) is 4.79 Å². The molecule has 0 bridgehead atoms. The molecule has 4 nitrogen and oxygen atoms in total. The van der Waals surface area contributed by atoms with Gasteiger partial charge in [-0.1, -0.05) is 0 Å². The van der Waals surface area contributed by atoms with Gasteiger partial charge in [0.15, 0.2) is 0 Å². The van der Waals surface area contributed by atoms with Gasteiger partial charge in [0.2, 0.25) is 0 Å². The lowest BCUT2D eigenvalue weighted by atomic mass is 9.90. The van der Waals surface area contributed by atoms with Crippen molar-refractivity contribution in [1.82, 2.24) is 4.90 Å². The number of hydrogen-bond acceptors (Lipinski definition) is 3. The van der Waals surface area contributed by atoms with Crippen LogP contribution in [0.15, 0.2) is 0 Å². The van der Waals surface area contributed by atoms with Crippen molar-refractivity contribution in [2.24, 2.45) is 5.73 Å². The predicted molar refractivity (Wildman–Crippen MR) is 43.8 cm³/mol. The van der Waals surface area contributed by atoms with Gasteiger partial charge in [0.25, 0.3) is 0 Å². The first-order valence-corrected chi connectivity index (χ1v) is 4.41. The normalized spacial score (nSPS) is 41.6. The van der Waals surface area contributed by atoms with Crippen LogP contribution in [0.3, 0.4) is 0 Å². The molecular weight excluding hydrogens is 156 g/mol. The molecule has 2 aliphatic rings. The van der Waals surface area contributed by atoms with Gasteiger partial charge in [0.05, 0.1) is 0 Å². The second-order valence-corrected chi connectivity index (χ2v) is 3.79. The Kier molecular flexibility index (Phi) is 1.63. The Labute approximate surface area is 71.3 Å². The van der Waals surface area contributed by atoms with Crippen molar-refractivity contribution >= 4 is 5.97 Å². The van der Waals surface area contributed by atoms with E-state index in [2.05, 4.69) is 4.90 Å². The van der Waals surface area contributed by atoms with Gasteiger partial charge in [0.1, 0.15) is 5.54 Å². The molecule has 0 aromatic rings. The molecule has 0 radical (unpaired) electrons. The highest BCUT2D eigenvalue weighted by Crippen LogP contribution is 2.34. The number of rotatable bonds is 1. The number of aliphatic carboxylic acids is 1. The SMILES string of the molecule is NC1(C(=O)O)CCN2CCCC21. The zero-order chi connectivity index (χ0) is 8.77. The van der Waals surface area contributed by atoms with Crippen LogP contribution in [-0.2, 0) is 4.79 Å². The fraction of sp³-hybridized carbons (Fsp3) is 0.875. The maximum Gasteiger partial charge on any atom is 0.325 e. The fourth-order valence-electron chi connectivity index (χ4n) is 2.42. The van der Waals surface area contributed by atoms with Crippen LogP contribution in [0.2, 0.25) is 0 Å². The highest BCUT2D eigenvalue weighted by molar-refractivity contribution is 5.80. The molecule has 0 spiro atoms. The molecule has 0 aromatic heterocycles. The zero-order valence-corrected chi connectivity index (χ0v) is 6.99. The van der Waals surface area contributed by atoms with E-state index in [1.165, 1.54) is 0 Å². The molecule has 2 heterocycles. The number of carboxylic acids is 1. The largest absolute Gasteiger partial charge is 0.480 e. The molecule has 2 fully saturated rings. The van der Waals surface area contributed by atoms with Gasteiger partial charge in [-0.05, 0) is 25.8 Å². The third-order valence-corrected chi connectivity index (χ3v) is 3.17. The van der Waals surface area contributed by atoms with Crippen molar-refractivity contribution in [3.63, 3.8) is 0 Å². The summed E-state index contributed by atoms with van der Waals surface area (Å²) in [6.45, 7) is 1.88. The van der Waals surface area contributed by atoms with Crippen LogP contribution < -0.4 is 5.73 Å². The summed E-state index contributed by atoms with van der Waals surface area (Å²) in [5, 5.41) is 8.97. The lowest BCUT2D eigenvalue weighted by Gasteiger charge is -2.26. The second kappa shape index (κ2) is 2.44. The van der Waals surface area contributed by atoms with Crippen LogP contribution in [0.1, 0.15) is 19.3 Å².